The van der Waals surface area contributed by atoms with Gasteiger partial charge in [-0.05, 0) is 25.3 Å². The number of primary amides is 1. The summed E-state index contributed by atoms with van der Waals surface area (Å²) in [5.41, 5.74) is 6.32. The molecule has 13 heavy (non-hydrogen) atoms. The number of carbonyl (C=O) groups is 1. The van der Waals surface area contributed by atoms with Crippen molar-refractivity contribution >= 4 is 5.91 Å². The number of aryl methyl sites for hydroxylation is 1. The third-order valence-corrected chi connectivity index (χ3v) is 2.03. The van der Waals surface area contributed by atoms with Crippen LogP contribution in [0.15, 0.2) is 30.3 Å². The van der Waals surface area contributed by atoms with E-state index in [1.165, 1.54) is 5.56 Å². The average molecular weight is 176 g/mol. The molecule has 0 bridgehead atoms. The van der Waals surface area contributed by atoms with Crippen LogP contribution >= 0.6 is 0 Å². The Bertz CT molecular complexity index is 269. The lowest BCUT2D eigenvalue weighted by Crippen LogP contribution is -2.21. The number of hydrogen-bond acceptors (Lipinski definition) is 1. The number of hydrogen-bond donors (Lipinski definition) is 1. The Kier molecular flexibility index (Phi) is 3.50. The van der Waals surface area contributed by atoms with Crippen LogP contribution < -0.4 is 5.73 Å². The molecule has 2 heteroatoms. The number of carbonyl (C=O) groups excluding carboxylic acids is 1. The first-order valence-corrected chi connectivity index (χ1v) is 4.36. The Balaban J connectivity index is 2.39. The van der Waals surface area contributed by atoms with Gasteiger partial charge in [0.25, 0.3) is 0 Å². The van der Waals surface area contributed by atoms with Crippen LogP contribution in [0.4, 0.5) is 0 Å². The lowest BCUT2D eigenvalue weighted by Gasteiger charge is -2.05. The predicted octanol–water partition coefficient (Wildman–Crippen LogP) is 1.55. The highest BCUT2D eigenvalue weighted by Gasteiger charge is 2.07. The summed E-state index contributed by atoms with van der Waals surface area (Å²) < 4.78 is 0. The van der Waals surface area contributed by atoms with Crippen molar-refractivity contribution in [2.45, 2.75) is 12.8 Å². The van der Waals surface area contributed by atoms with E-state index in [0.717, 1.165) is 12.8 Å². The Hall–Kier alpha value is -1.31. The zero-order valence-corrected chi connectivity index (χ0v) is 7.57. The first-order valence-electron chi connectivity index (χ1n) is 4.36. The minimum atomic E-state index is -0.323. The molecular formula is C11H14NO. The molecule has 1 atom stereocenters. The summed E-state index contributed by atoms with van der Waals surface area (Å²) >= 11 is 0. The lowest BCUT2D eigenvalue weighted by molar-refractivity contribution is -0.120. The van der Waals surface area contributed by atoms with E-state index in [-0.39, 0.29) is 11.8 Å². The molecule has 0 spiro atoms. The van der Waals surface area contributed by atoms with Crippen LogP contribution in [-0.2, 0) is 11.2 Å². The Labute approximate surface area is 78.8 Å². The summed E-state index contributed by atoms with van der Waals surface area (Å²) in [6.07, 6.45) is 1.58. The molecule has 0 aliphatic rings. The smallest absolute Gasteiger partial charge is 0.220 e. The van der Waals surface area contributed by atoms with Gasteiger partial charge in [0.1, 0.15) is 0 Å². The van der Waals surface area contributed by atoms with Crippen LogP contribution in [0.1, 0.15) is 12.0 Å². The van der Waals surface area contributed by atoms with Gasteiger partial charge in [-0.25, -0.2) is 0 Å². The predicted molar refractivity (Wildman–Crippen MR) is 52.8 cm³/mol. The SMILES string of the molecule is [CH2]C(CCc1ccccc1)C(N)=O. The van der Waals surface area contributed by atoms with Crippen molar-refractivity contribution in [2.24, 2.45) is 11.7 Å². The molecule has 1 amide bonds. The fraction of sp³-hybridized carbons (Fsp3) is 0.273. The highest BCUT2D eigenvalue weighted by molar-refractivity contribution is 5.77. The summed E-state index contributed by atoms with van der Waals surface area (Å²) in [7, 11) is 0. The maximum absolute atomic E-state index is 10.7. The molecule has 2 N–H and O–H groups in total. The standard InChI is InChI=1S/C11H14NO/c1-9(11(12)13)7-8-10-5-3-2-4-6-10/h2-6,9H,1,7-8H2,(H2,12,13). The molecule has 1 unspecified atom stereocenters. The molecule has 1 aromatic rings. The number of rotatable bonds is 4. The average Bonchev–Trinajstić information content (AvgIpc) is 2.15. The van der Waals surface area contributed by atoms with Crippen LogP contribution in [0.3, 0.4) is 0 Å². The largest absolute Gasteiger partial charge is 0.369 e. The Morgan fingerprint density at radius 2 is 2.00 bits per heavy atom. The van der Waals surface area contributed by atoms with Gasteiger partial charge in [-0.2, -0.15) is 0 Å². The van der Waals surface area contributed by atoms with Crippen molar-refractivity contribution < 1.29 is 4.79 Å². The van der Waals surface area contributed by atoms with E-state index in [0.29, 0.717) is 0 Å². The quantitative estimate of drug-likeness (QED) is 0.743. The maximum atomic E-state index is 10.7. The van der Waals surface area contributed by atoms with E-state index >= 15 is 0 Å². The Morgan fingerprint density at radius 3 is 2.54 bits per heavy atom. The van der Waals surface area contributed by atoms with E-state index < -0.39 is 0 Å². The van der Waals surface area contributed by atoms with Crippen LogP contribution in [-0.4, -0.2) is 5.91 Å². The summed E-state index contributed by atoms with van der Waals surface area (Å²) in [6, 6.07) is 10.0. The van der Waals surface area contributed by atoms with Crippen molar-refractivity contribution in [3.8, 4) is 0 Å². The molecule has 1 radical (unpaired) electrons. The van der Waals surface area contributed by atoms with Gasteiger partial charge in [0, 0.05) is 5.92 Å². The molecule has 0 saturated heterocycles. The van der Waals surface area contributed by atoms with E-state index in [1.54, 1.807) is 0 Å². The maximum Gasteiger partial charge on any atom is 0.220 e. The summed E-state index contributed by atoms with van der Waals surface area (Å²) in [5.74, 6) is -0.601. The van der Waals surface area contributed by atoms with Gasteiger partial charge in [-0.15, -0.1) is 0 Å². The second-order valence-corrected chi connectivity index (χ2v) is 3.12. The van der Waals surface area contributed by atoms with Crippen LogP contribution in [0.25, 0.3) is 0 Å². The minimum Gasteiger partial charge on any atom is -0.369 e. The normalized spacial score (nSPS) is 12.4. The molecular weight excluding hydrogens is 162 g/mol. The first kappa shape index (κ1) is 9.78. The number of nitrogens with two attached hydrogens (primary N) is 1. The van der Waals surface area contributed by atoms with Gasteiger partial charge in [0.2, 0.25) is 5.91 Å². The van der Waals surface area contributed by atoms with Gasteiger partial charge >= 0.3 is 0 Å². The second-order valence-electron chi connectivity index (χ2n) is 3.12. The summed E-state index contributed by atoms with van der Waals surface area (Å²) in [6.45, 7) is 3.68. The van der Waals surface area contributed by atoms with Crippen molar-refractivity contribution in [2.75, 3.05) is 0 Å². The number of amides is 1. The highest BCUT2D eigenvalue weighted by Crippen LogP contribution is 2.08. The Morgan fingerprint density at radius 1 is 1.38 bits per heavy atom. The van der Waals surface area contributed by atoms with Crippen molar-refractivity contribution in [1.82, 2.24) is 0 Å². The van der Waals surface area contributed by atoms with Crippen LogP contribution in [0, 0.1) is 12.8 Å². The molecule has 1 rings (SSSR count). The van der Waals surface area contributed by atoms with Crippen LogP contribution in [0.2, 0.25) is 0 Å². The van der Waals surface area contributed by atoms with E-state index in [1.807, 2.05) is 30.3 Å². The minimum absolute atomic E-state index is 0.278. The fourth-order valence-corrected chi connectivity index (χ4v) is 1.13. The zero-order valence-electron chi connectivity index (χ0n) is 7.57. The van der Waals surface area contributed by atoms with Crippen molar-refractivity contribution in [3.05, 3.63) is 42.8 Å². The van der Waals surface area contributed by atoms with Crippen molar-refractivity contribution in [1.29, 1.82) is 0 Å². The first-order chi connectivity index (χ1) is 6.20. The van der Waals surface area contributed by atoms with Gasteiger partial charge < -0.3 is 5.73 Å². The van der Waals surface area contributed by atoms with Gasteiger partial charge in [0.05, 0.1) is 0 Å². The molecule has 0 saturated carbocycles. The molecule has 0 fully saturated rings. The van der Waals surface area contributed by atoms with Crippen LogP contribution in [0.5, 0.6) is 0 Å². The summed E-state index contributed by atoms with van der Waals surface area (Å²) in [4.78, 5) is 10.7. The fourth-order valence-electron chi connectivity index (χ4n) is 1.13. The molecule has 0 aliphatic carbocycles. The van der Waals surface area contributed by atoms with E-state index in [2.05, 4.69) is 6.92 Å². The van der Waals surface area contributed by atoms with E-state index in [9.17, 15) is 4.79 Å². The molecule has 69 valence electrons. The molecule has 1 aromatic carbocycles. The lowest BCUT2D eigenvalue weighted by atomic mass is 10.0. The van der Waals surface area contributed by atoms with Gasteiger partial charge in [-0.1, -0.05) is 30.3 Å². The second kappa shape index (κ2) is 4.65. The van der Waals surface area contributed by atoms with Gasteiger partial charge in [-0.3, -0.25) is 4.79 Å². The van der Waals surface area contributed by atoms with Crippen molar-refractivity contribution in [3.63, 3.8) is 0 Å². The molecule has 2 nitrogen and oxygen atoms in total. The number of benzene rings is 1. The highest BCUT2D eigenvalue weighted by atomic mass is 16.1. The molecule has 0 aromatic heterocycles. The molecule has 0 aliphatic heterocycles. The third-order valence-electron chi connectivity index (χ3n) is 2.03. The molecule has 0 heterocycles. The third kappa shape index (κ3) is 3.28. The van der Waals surface area contributed by atoms with E-state index in [4.69, 9.17) is 5.73 Å². The van der Waals surface area contributed by atoms with Gasteiger partial charge in [0.15, 0.2) is 0 Å². The summed E-state index contributed by atoms with van der Waals surface area (Å²) in [5, 5.41) is 0. The monoisotopic (exact) mass is 176 g/mol. The topological polar surface area (TPSA) is 43.1 Å². The zero-order chi connectivity index (χ0) is 9.68.